The minimum Gasteiger partial charge on any atom is -0.455 e. The largest absolute Gasteiger partial charge is 0.455 e. The van der Waals surface area contributed by atoms with Crippen molar-refractivity contribution in [1.82, 2.24) is 4.57 Å². The molecule has 0 N–H and O–H groups in total. The Morgan fingerprint density at radius 3 is 1.87 bits per heavy atom. The van der Waals surface area contributed by atoms with Crippen LogP contribution in [-0.2, 0) is 0 Å². The molecule has 0 atom stereocenters. The maximum Gasteiger partial charge on any atom is 0.143 e. The first-order valence-electron chi connectivity index (χ1n) is 21.1. The molecule has 13 aromatic rings. The van der Waals surface area contributed by atoms with E-state index >= 15 is 0 Å². The summed E-state index contributed by atoms with van der Waals surface area (Å²) in [6.45, 7) is 0. The predicted molar refractivity (Wildman–Crippen MR) is 264 cm³/mol. The fraction of sp³-hybridized carbons (Fsp3) is 0. The summed E-state index contributed by atoms with van der Waals surface area (Å²) in [7, 11) is 0. The van der Waals surface area contributed by atoms with Gasteiger partial charge in [-0.2, -0.15) is 0 Å². The van der Waals surface area contributed by atoms with Gasteiger partial charge in [0.1, 0.15) is 11.2 Å². The van der Waals surface area contributed by atoms with E-state index in [0.717, 1.165) is 55.8 Å². The number of hydrogen-bond acceptors (Lipinski definition) is 3. The van der Waals surface area contributed by atoms with Crippen molar-refractivity contribution < 1.29 is 4.42 Å². The zero-order valence-corrected chi connectivity index (χ0v) is 34.3. The van der Waals surface area contributed by atoms with Crippen molar-refractivity contribution >= 4 is 103 Å². The lowest BCUT2D eigenvalue weighted by atomic mass is 9.99. The molecule has 62 heavy (non-hydrogen) atoms. The highest BCUT2D eigenvalue weighted by Crippen LogP contribution is 2.47. The lowest BCUT2D eigenvalue weighted by molar-refractivity contribution is 0.670. The van der Waals surface area contributed by atoms with Crippen LogP contribution in [0.3, 0.4) is 0 Å². The highest BCUT2D eigenvalue weighted by molar-refractivity contribution is 7.26. The fourth-order valence-corrected chi connectivity index (χ4v) is 10.9. The standard InChI is InChI=1S/C58H36N2OS/c1-2-14-39-33-43(32-27-37(39)13-1)59(42-16-11-15-40(34-42)45-21-12-22-50-48-19-5-9-25-55(48)61-57(45)50)44-35-51(58-52(36-44)49-20-6-10-26-56(49)62-58)38-28-30-41(31-29-38)60-53-23-7-3-17-46(53)47-18-4-8-24-54(47)60/h1-36H. The molecule has 0 aliphatic carbocycles. The Bertz CT molecular complexity index is 3830. The van der Waals surface area contributed by atoms with Gasteiger partial charge < -0.3 is 13.9 Å². The summed E-state index contributed by atoms with van der Waals surface area (Å²) in [6.07, 6.45) is 0. The summed E-state index contributed by atoms with van der Waals surface area (Å²) >= 11 is 1.87. The van der Waals surface area contributed by atoms with Crippen molar-refractivity contribution in [3.8, 4) is 27.9 Å². The minimum atomic E-state index is 0.899. The molecule has 13 rings (SSSR count). The van der Waals surface area contributed by atoms with Crippen molar-refractivity contribution in [2.75, 3.05) is 4.90 Å². The predicted octanol–water partition coefficient (Wildman–Crippen LogP) is 17.0. The second-order valence-electron chi connectivity index (χ2n) is 16.1. The first-order chi connectivity index (χ1) is 30.7. The van der Waals surface area contributed by atoms with Crippen LogP contribution in [0.25, 0.3) is 103 Å². The maximum atomic E-state index is 6.56. The number of benzene rings is 10. The van der Waals surface area contributed by atoms with Gasteiger partial charge in [-0.1, -0.05) is 146 Å². The molecular formula is C58H36N2OS. The topological polar surface area (TPSA) is 21.3 Å². The van der Waals surface area contributed by atoms with Crippen LogP contribution in [-0.4, -0.2) is 4.57 Å². The van der Waals surface area contributed by atoms with Crippen molar-refractivity contribution in [1.29, 1.82) is 0 Å². The van der Waals surface area contributed by atoms with Gasteiger partial charge in [-0.25, -0.2) is 0 Å². The van der Waals surface area contributed by atoms with E-state index in [-0.39, 0.29) is 0 Å². The molecule has 0 aliphatic rings. The number of aromatic nitrogens is 1. The van der Waals surface area contributed by atoms with Gasteiger partial charge in [0.2, 0.25) is 0 Å². The van der Waals surface area contributed by atoms with Gasteiger partial charge in [0.15, 0.2) is 0 Å². The monoisotopic (exact) mass is 808 g/mol. The Balaban J connectivity index is 1.02. The van der Waals surface area contributed by atoms with Crippen molar-refractivity contribution in [3.05, 3.63) is 218 Å². The fourth-order valence-electron chi connectivity index (χ4n) is 9.70. The number of nitrogens with zero attached hydrogens (tertiary/aromatic N) is 2. The highest BCUT2D eigenvalue weighted by atomic mass is 32.1. The van der Waals surface area contributed by atoms with Crippen LogP contribution in [0.4, 0.5) is 17.1 Å². The van der Waals surface area contributed by atoms with E-state index in [1.165, 1.54) is 63.9 Å². The van der Waals surface area contributed by atoms with Gasteiger partial charge in [-0.05, 0) is 94.7 Å². The average molecular weight is 809 g/mol. The number of rotatable bonds is 6. The minimum absolute atomic E-state index is 0.899. The second-order valence-corrected chi connectivity index (χ2v) is 17.1. The van der Waals surface area contributed by atoms with Gasteiger partial charge in [-0.3, -0.25) is 0 Å². The van der Waals surface area contributed by atoms with Crippen molar-refractivity contribution in [2.45, 2.75) is 0 Å². The molecular weight excluding hydrogens is 773 g/mol. The zero-order chi connectivity index (χ0) is 40.7. The molecule has 290 valence electrons. The van der Waals surface area contributed by atoms with E-state index in [4.69, 9.17) is 4.42 Å². The van der Waals surface area contributed by atoms with Crippen LogP contribution in [0, 0.1) is 0 Å². The van der Waals surface area contributed by atoms with Crippen molar-refractivity contribution in [3.63, 3.8) is 0 Å². The van der Waals surface area contributed by atoms with Crippen LogP contribution in [0.5, 0.6) is 0 Å². The molecule has 0 saturated carbocycles. The molecule has 3 aromatic heterocycles. The molecule has 4 heteroatoms. The lowest BCUT2D eigenvalue weighted by Gasteiger charge is -2.27. The van der Waals surface area contributed by atoms with Gasteiger partial charge in [0.05, 0.1) is 11.0 Å². The van der Waals surface area contributed by atoms with Crippen LogP contribution < -0.4 is 4.90 Å². The van der Waals surface area contributed by atoms with Gasteiger partial charge in [0.25, 0.3) is 0 Å². The Morgan fingerprint density at radius 2 is 1.05 bits per heavy atom. The molecule has 3 nitrogen and oxygen atoms in total. The van der Waals surface area contributed by atoms with Crippen LogP contribution in [0.15, 0.2) is 223 Å². The molecule has 0 aliphatic heterocycles. The van der Waals surface area contributed by atoms with Crippen LogP contribution in [0.2, 0.25) is 0 Å². The third-order valence-corrected chi connectivity index (χ3v) is 13.8. The first kappa shape index (κ1) is 34.9. The number of furan rings is 1. The molecule has 0 amide bonds. The number of para-hydroxylation sites is 4. The molecule has 0 fully saturated rings. The summed E-state index contributed by atoms with van der Waals surface area (Å²) < 4.78 is 11.5. The number of fused-ring (bicyclic) bond motifs is 10. The SMILES string of the molecule is c1cc(-c2cccc3c2oc2ccccc23)cc(N(c2ccc3ccccc3c2)c2cc(-c3ccc(-n4c5ccccc5c5ccccc54)cc3)c3sc4ccccc4c3c2)c1. The quantitative estimate of drug-likeness (QED) is 0.167. The molecule has 0 radical (unpaired) electrons. The van der Waals surface area contributed by atoms with E-state index in [9.17, 15) is 0 Å². The molecule has 0 spiro atoms. The van der Waals surface area contributed by atoms with Crippen LogP contribution in [0.1, 0.15) is 0 Å². The highest BCUT2D eigenvalue weighted by Gasteiger charge is 2.21. The number of anilines is 3. The number of hydrogen-bond donors (Lipinski definition) is 0. The number of thiophene rings is 1. The summed E-state index contributed by atoms with van der Waals surface area (Å²) in [5.41, 5.74) is 13.2. The average Bonchev–Trinajstić information content (AvgIpc) is 4.02. The summed E-state index contributed by atoms with van der Waals surface area (Å²) in [4.78, 5) is 2.43. The summed E-state index contributed by atoms with van der Waals surface area (Å²) in [5, 5.41) is 9.70. The van der Waals surface area contributed by atoms with E-state index in [1.807, 2.05) is 17.4 Å². The Hall–Kier alpha value is -7.92. The molecule has 10 aromatic carbocycles. The lowest BCUT2D eigenvalue weighted by Crippen LogP contribution is -2.10. The van der Waals surface area contributed by atoms with E-state index in [0.29, 0.717) is 0 Å². The first-order valence-corrected chi connectivity index (χ1v) is 21.9. The zero-order valence-electron chi connectivity index (χ0n) is 33.5. The Morgan fingerprint density at radius 1 is 0.387 bits per heavy atom. The van der Waals surface area contributed by atoms with Gasteiger partial charge in [-0.15, -0.1) is 11.3 Å². The second kappa shape index (κ2) is 13.8. The van der Waals surface area contributed by atoms with Crippen molar-refractivity contribution in [2.24, 2.45) is 0 Å². The Kier molecular flexibility index (Phi) is 7.78. The van der Waals surface area contributed by atoms with Gasteiger partial charge >= 0.3 is 0 Å². The molecule has 0 saturated heterocycles. The third kappa shape index (κ3) is 5.44. The van der Waals surface area contributed by atoms with E-state index in [2.05, 4.69) is 222 Å². The van der Waals surface area contributed by atoms with Crippen LogP contribution >= 0.6 is 11.3 Å². The van der Waals surface area contributed by atoms with Gasteiger partial charge in [0, 0.05) is 75.6 Å². The summed E-state index contributed by atoms with van der Waals surface area (Å²) in [6, 6.07) is 79.3. The van der Waals surface area contributed by atoms with E-state index in [1.54, 1.807) is 0 Å². The molecule has 0 unspecified atom stereocenters. The molecule has 3 heterocycles. The van der Waals surface area contributed by atoms with E-state index < -0.39 is 0 Å². The maximum absolute atomic E-state index is 6.56. The Labute approximate surface area is 361 Å². The third-order valence-electron chi connectivity index (χ3n) is 12.5. The summed E-state index contributed by atoms with van der Waals surface area (Å²) in [5.74, 6) is 0. The molecule has 0 bridgehead atoms. The normalized spacial score (nSPS) is 11.9. The smallest absolute Gasteiger partial charge is 0.143 e.